The molecule has 0 heterocycles. The topological polar surface area (TPSA) is 156 Å². The number of carbonyl (C=O) groups is 4. The third-order valence-corrected chi connectivity index (χ3v) is 6.23. The maximum absolute atomic E-state index is 12.3. The van der Waals surface area contributed by atoms with Crippen molar-refractivity contribution in [2.45, 2.75) is 111 Å². The molecule has 0 fully saturated rings. The molecule has 0 aliphatic rings. The monoisotopic (exact) mass is 597 g/mol. The quantitative estimate of drug-likeness (QED) is 0.0782. The van der Waals surface area contributed by atoms with Gasteiger partial charge in [0.1, 0.15) is 17.7 Å². The Hall–Kier alpha value is -3.54. The van der Waals surface area contributed by atoms with Gasteiger partial charge in [-0.15, -0.1) is 0 Å². The number of ether oxygens (including phenoxy) is 6. The predicted molar refractivity (Wildman–Crippen MR) is 154 cm³/mol. The first kappa shape index (κ1) is 36.5. The normalized spacial score (nSPS) is 12.5. The van der Waals surface area contributed by atoms with Gasteiger partial charge < -0.3 is 38.8 Å². The van der Waals surface area contributed by atoms with Crippen LogP contribution in [-0.4, -0.2) is 67.0 Å². The van der Waals surface area contributed by atoms with Gasteiger partial charge in [0.15, 0.2) is 11.5 Å². The molecule has 0 bridgehead atoms. The molecule has 42 heavy (non-hydrogen) atoms. The highest BCUT2D eigenvalue weighted by molar-refractivity contribution is 5.74. The fourth-order valence-electron chi connectivity index (χ4n) is 3.42. The number of hydrogen-bond donors (Lipinski definition) is 2. The number of nitrogens with one attached hydrogen (secondary N) is 1. The Morgan fingerprint density at radius 1 is 0.857 bits per heavy atom. The van der Waals surface area contributed by atoms with E-state index in [0.717, 1.165) is 25.7 Å². The third kappa shape index (κ3) is 15.5. The third-order valence-electron chi connectivity index (χ3n) is 6.23. The lowest BCUT2D eigenvalue weighted by molar-refractivity contribution is -0.139. The summed E-state index contributed by atoms with van der Waals surface area (Å²) in [6, 6.07) is 3.25. The number of benzene rings is 1. The van der Waals surface area contributed by atoms with Crippen LogP contribution in [0, 0.1) is 0 Å². The second-order valence-electron chi connectivity index (χ2n) is 10.5. The Labute approximate surface area is 248 Å². The molecule has 0 saturated carbocycles. The van der Waals surface area contributed by atoms with E-state index in [1.807, 2.05) is 20.8 Å². The number of carboxylic acid groups (broad SMARTS) is 1. The van der Waals surface area contributed by atoms with Crippen LogP contribution in [0.4, 0.5) is 14.4 Å². The average molecular weight is 598 g/mol. The maximum atomic E-state index is 12.3. The van der Waals surface area contributed by atoms with E-state index in [1.54, 1.807) is 26.8 Å². The Bertz CT molecular complexity index is 995. The van der Waals surface area contributed by atoms with Gasteiger partial charge in [0.25, 0.3) is 0 Å². The molecule has 2 atom stereocenters. The van der Waals surface area contributed by atoms with Crippen LogP contribution in [0.25, 0.3) is 0 Å². The van der Waals surface area contributed by atoms with Crippen molar-refractivity contribution in [2.75, 3.05) is 19.8 Å². The van der Waals surface area contributed by atoms with Crippen LogP contribution in [-0.2, 0) is 30.2 Å². The van der Waals surface area contributed by atoms with E-state index in [1.165, 1.54) is 12.1 Å². The molecule has 0 spiro atoms. The summed E-state index contributed by atoms with van der Waals surface area (Å²) in [5.74, 6) is -1.36. The fourth-order valence-corrected chi connectivity index (χ4v) is 3.42. The van der Waals surface area contributed by atoms with E-state index < -0.39 is 42.2 Å². The molecule has 238 valence electrons. The summed E-state index contributed by atoms with van der Waals surface area (Å²) in [5, 5.41) is 12.6. The molecule has 12 nitrogen and oxygen atoms in total. The molecule has 1 rings (SSSR count). The summed E-state index contributed by atoms with van der Waals surface area (Å²) >= 11 is 0. The Balaban J connectivity index is 2.93. The van der Waals surface area contributed by atoms with E-state index in [0.29, 0.717) is 24.8 Å². The fraction of sp³-hybridized carbons (Fsp3) is 0.667. The van der Waals surface area contributed by atoms with Gasteiger partial charge >= 0.3 is 24.4 Å². The summed E-state index contributed by atoms with van der Waals surface area (Å²) in [5.41, 5.74) is -0.220. The highest BCUT2D eigenvalue weighted by atomic mass is 16.7. The molecule has 0 radical (unpaired) electrons. The molecule has 1 aromatic carbocycles. The molecular formula is C30H47NO11. The Kier molecular flexibility index (Phi) is 17.0. The molecule has 0 saturated heterocycles. The summed E-state index contributed by atoms with van der Waals surface area (Å²) in [7, 11) is 0. The van der Waals surface area contributed by atoms with Gasteiger partial charge in [-0.05, 0) is 64.2 Å². The van der Waals surface area contributed by atoms with Gasteiger partial charge in [-0.2, -0.15) is 0 Å². The lowest BCUT2D eigenvalue weighted by Crippen LogP contribution is -2.43. The second-order valence-corrected chi connectivity index (χ2v) is 10.5. The van der Waals surface area contributed by atoms with E-state index in [2.05, 4.69) is 5.32 Å². The largest absolute Gasteiger partial charge is 0.513 e. The van der Waals surface area contributed by atoms with Crippen LogP contribution in [0.2, 0.25) is 0 Å². The number of carbonyl (C=O) groups excluding carboxylic acids is 3. The van der Waals surface area contributed by atoms with Crippen LogP contribution >= 0.6 is 0 Å². The van der Waals surface area contributed by atoms with E-state index >= 15 is 0 Å². The number of unbranched alkanes of at least 4 members (excludes halogenated alkanes) is 4. The van der Waals surface area contributed by atoms with Gasteiger partial charge in [-0.25, -0.2) is 14.4 Å². The van der Waals surface area contributed by atoms with Gasteiger partial charge in [-0.1, -0.05) is 52.5 Å². The standard InChI is InChI=1S/C30H47NO11/c1-7-10-12-16-37-27(34)40-24-15-14-22(19-25(24)41-28(35)38-17-13-11-8-2)18-23(26(32)33)31-20-21(4)39-29(36)42-30(5,6)9-3/h14-15,19,21,23,31H,7-13,16-18,20H2,1-6H3,(H,32,33)/t21?,23-/m0/s1. The van der Waals surface area contributed by atoms with Gasteiger partial charge in [0.05, 0.1) is 13.2 Å². The smallest absolute Gasteiger partial charge is 0.480 e. The van der Waals surface area contributed by atoms with Crippen molar-refractivity contribution >= 4 is 24.4 Å². The van der Waals surface area contributed by atoms with Crippen molar-refractivity contribution < 1.29 is 52.7 Å². The summed E-state index contributed by atoms with van der Waals surface area (Å²) < 4.78 is 31.2. The molecule has 1 aromatic rings. The molecule has 1 unspecified atom stereocenters. The first-order valence-electron chi connectivity index (χ1n) is 14.6. The van der Waals surface area contributed by atoms with Crippen molar-refractivity contribution in [1.29, 1.82) is 0 Å². The van der Waals surface area contributed by atoms with Crippen LogP contribution in [0.3, 0.4) is 0 Å². The summed E-state index contributed by atoms with van der Waals surface area (Å²) in [6.45, 7) is 11.4. The van der Waals surface area contributed by atoms with Gasteiger partial charge in [0.2, 0.25) is 0 Å². The minimum Gasteiger partial charge on any atom is -0.480 e. The lowest BCUT2D eigenvalue weighted by atomic mass is 10.0. The molecule has 0 aliphatic heterocycles. The van der Waals surface area contributed by atoms with E-state index in [4.69, 9.17) is 28.4 Å². The number of rotatable bonds is 19. The molecular weight excluding hydrogens is 550 g/mol. The number of aliphatic carboxylic acids is 1. The SMILES string of the molecule is CCCCCOC(=O)Oc1ccc(C[C@H](NCC(C)OC(=O)OC(C)(C)CC)C(=O)O)cc1OC(=O)OCCCCC. The number of carboxylic acids is 1. The maximum Gasteiger partial charge on any atom is 0.513 e. The minimum atomic E-state index is -1.15. The average Bonchev–Trinajstić information content (AvgIpc) is 2.92. The first-order chi connectivity index (χ1) is 19.9. The molecule has 0 amide bonds. The summed E-state index contributed by atoms with van der Waals surface area (Å²) in [4.78, 5) is 48.5. The highest BCUT2D eigenvalue weighted by Crippen LogP contribution is 2.30. The molecule has 0 aromatic heterocycles. The second kappa shape index (κ2) is 19.6. The highest BCUT2D eigenvalue weighted by Gasteiger charge is 2.25. The van der Waals surface area contributed by atoms with Gasteiger partial charge in [-0.3, -0.25) is 4.79 Å². The van der Waals surface area contributed by atoms with Crippen LogP contribution < -0.4 is 14.8 Å². The van der Waals surface area contributed by atoms with Crippen LogP contribution in [0.5, 0.6) is 11.5 Å². The molecule has 0 aliphatic carbocycles. The van der Waals surface area contributed by atoms with Crippen LogP contribution in [0.15, 0.2) is 18.2 Å². The van der Waals surface area contributed by atoms with Crippen LogP contribution in [0.1, 0.15) is 92.1 Å². The zero-order chi connectivity index (χ0) is 31.5. The minimum absolute atomic E-state index is 0.0288. The predicted octanol–water partition coefficient (Wildman–Crippen LogP) is 6.41. The Morgan fingerprint density at radius 2 is 1.43 bits per heavy atom. The zero-order valence-corrected chi connectivity index (χ0v) is 25.7. The van der Waals surface area contributed by atoms with Crippen molar-refractivity contribution in [2.24, 2.45) is 0 Å². The van der Waals surface area contributed by atoms with E-state index in [-0.39, 0.29) is 37.7 Å². The van der Waals surface area contributed by atoms with Crippen molar-refractivity contribution in [1.82, 2.24) is 5.32 Å². The lowest BCUT2D eigenvalue weighted by Gasteiger charge is -2.24. The number of hydrogen-bond acceptors (Lipinski definition) is 11. The summed E-state index contributed by atoms with van der Waals surface area (Å²) in [6.07, 6.45) is 2.15. The Morgan fingerprint density at radius 3 is 1.95 bits per heavy atom. The molecule has 12 heteroatoms. The van der Waals surface area contributed by atoms with E-state index in [9.17, 15) is 24.3 Å². The van der Waals surface area contributed by atoms with Crippen molar-refractivity contribution in [3.8, 4) is 11.5 Å². The van der Waals surface area contributed by atoms with Gasteiger partial charge in [0, 0.05) is 6.54 Å². The molecule has 2 N–H and O–H groups in total. The first-order valence-corrected chi connectivity index (χ1v) is 14.6. The van der Waals surface area contributed by atoms with Crippen molar-refractivity contribution in [3.63, 3.8) is 0 Å². The zero-order valence-electron chi connectivity index (χ0n) is 25.7. The van der Waals surface area contributed by atoms with Crippen molar-refractivity contribution in [3.05, 3.63) is 23.8 Å².